The lowest BCUT2D eigenvalue weighted by atomic mass is 10.4. The third-order valence-electron chi connectivity index (χ3n) is 2.09. The second-order valence-corrected chi connectivity index (χ2v) is 3.55. The molecule has 1 aromatic rings. The Hall–Kier alpha value is -1.13. The third kappa shape index (κ3) is 1.27. The topological polar surface area (TPSA) is 73.4 Å². The molecule has 1 aromatic heterocycles. The predicted molar refractivity (Wildman–Crippen MR) is 52.8 cm³/mol. The van der Waals surface area contributed by atoms with Crippen LogP contribution in [-0.2, 0) is 0 Å². The highest BCUT2D eigenvalue weighted by Crippen LogP contribution is 2.24. The number of hydrazine groups is 1. The Bertz CT molecular complexity index is 389. The Morgan fingerprint density at radius 1 is 1.64 bits per heavy atom. The van der Waals surface area contributed by atoms with Gasteiger partial charge in [0.1, 0.15) is 12.4 Å². The van der Waals surface area contributed by atoms with Gasteiger partial charge in [0.05, 0.1) is 6.54 Å². The molecule has 1 aliphatic heterocycles. The van der Waals surface area contributed by atoms with E-state index in [2.05, 4.69) is 14.4 Å². The second-order valence-electron chi connectivity index (χ2n) is 3.03. The largest absolute Gasteiger partial charge is 0.474 e. The molecule has 1 unspecified atom stereocenters. The predicted octanol–water partition coefficient (Wildman–Crippen LogP) is -0.462. The highest BCUT2D eigenvalue weighted by Gasteiger charge is 2.27. The monoisotopic (exact) mass is 214 g/mol. The van der Waals surface area contributed by atoms with Crippen LogP contribution >= 0.6 is 9.39 Å². The van der Waals surface area contributed by atoms with E-state index in [1.165, 1.54) is 0 Å². The summed E-state index contributed by atoms with van der Waals surface area (Å²) in [5, 5.41) is 1.13. The van der Waals surface area contributed by atoms with E-state index >= 15 is 0 Å². The van der Waals surface area contributed by atoms with Gasteiger partial charge in [0.25, 0.3) is 5.91 Å². The molecule has 1 amide bonds. The number of nitrogens with two attached hydrogens (primary N) is 1. The zero-order chi connectivity index (χ0) is 10.3. The highest BCUT2D eigenvalue weighted by molar-refractivity contribution is 7.14. The molecule has 0 saturated heterocycles. The van der Waals surface area contributed by atoms with E-state index in [-0.39, 0.29) is 5.91 Å². The molecule has 1 aliphatic rings. The average molecular weight is 214 g/mol. The van der Waals surface area contributed by atoms with Crippen LogP contribution in [0.25, 0.3) is 0 Å². The number of carbonyl (C=O) groups excluding carboxylic acids is 1. The van der Waals surface area contributed by atoms with Crippen LogP contribution in [0.5, 0.6) is 5.88 Å². The van der Waals surface area contributed by atoms with E-state index in [1.54, 1.807) is 11.3 Å². The third-order valence-corrected chi connectivity index (χ3v) is 2.72. The number of ether oxygens (including phenoxy) is 1. The molecule has 1 atom stereocenters. The molecule has 2 N–H and O–H groups in total. The summed E-state index contributed by atoms with van der Waals surface area (Å²) in [6, 6.07) is 0. The molecule has 6 nitrogen and oxygen atoms in total. The summed E-state index contributed by atoms with van der Waals surface area (Å²) in [5.74, 6) is 6.31. The van der Waals surface area contributed by atoms with Crippen LogP contribution in [0.3, 0.4) is 0 Å². The van der Waals surface area contributed by atoms with Gasteiger partial charge in [-0.05, 0) is 16.3 Å². The summed E-state index contributed by atoms with van der Waals surface area (Å²) >= 11 is 0. The van der Waals surface area contributed by atoms with Crippen LogP contribution < -0.4 is 10.6 Å². The van der Waals surface area contributed by atoms with Crippen molar-refractivity contribution in [3.8, 4) is 5.88 Å². The first-order valence-electron chi connectivity index (χ1n) is 4.15. The van der Waals surface area contributed by atoms with Gasteiger partial charge < -0.3 is 9.07 Å². The number of nitrogens with zero attached hydrogens (tertiary/aromatic N) is 3. The summed E-state index contributed by atoms with van der Waals surface area (Å²) in [4.78, 5) is 15.8. The van der Waals surface area contributed by atoms with Gasteiger partial charge in [-0.1, -0.05) is 0 Å². The smallest absolute Gasteiger partial charge is 0.290 e. The highest BCUT2D eigenvalue weighted by atomic mass is 31.0. The van der Waals surface area contributed by atoms with Crippen LogP contribution in [-0.4, -0.2) is 33.4 Å². The molecule has 76 valence electrons. The van der Waals surface area contributed by atoms with Crippen LogP contribution in [0, 0.1) is 6.92 Å². The van der Waals surface area contributed by atoms with E-state index in [0.717, 1.165) is 5.01 Å². The number of aromatic nitrogens is 2. The first-order chi connectivity index (χ1) is 6.61. The molecule has 7 heteroatoms. The zero-order valence-corrected chi connectivity index (χ0v) is 8.88. The number of rotatable bonds is 0. The van der Waals surface area contributed by atoms with E-state index < -0.39 is 0 Å². The SMILES string of the molecule is Cc1nc2c(n1P)C(=O)N(N)CCO2. The molecule has 0 saturated carbocycles. The molecule has 14 heavy (non-hydrogen) atoms. The van der Waals surface area contributed by atoms with E-state index in [9.17, 15) is 4.79 Å². The van der Waals surface area contributed by atoms with Crippen molar-refractivity contribution >= 4 is 15.3 Å². The number of carbonyl (C=O) groups is 1. The quantitative estimate of drug-likeness (QED) is 0.360. The molecule has 0 fully saturated rings. The average Bonchev–Trinajstić information content (AvgIpc) is 2.33. The summed E-state index contributed by atoms with van der Waals surface area (Å²) in [6.07, 6.45) is 0. The first-order valence-corrected chi connectivity index (χ1v) is 4.66. The minimum atomic E-state index is -0.270. The van der Waals surface area contributed by atoms with Crippen LogP contribution in [0.4, 0.5) is 0 Å². The van der Waals surface area contributed by atoms with Gasteiger partial charge in [-0.3, -0.25) is 9.80 Å². The van der Waals surface area contributed by atoms with Crippen LogP contribution in [0.15, 0.2) is 0 Å². The Balaban J connectivity index is 2.55. The van der Waals surface area contributed by atoms with Crippen molar-refractivity contribution < 1.29 is 9.53 Å². The molecular weight excluding hydrogens is 203 g/mol. The minimum Gasteiger partial charge on any atom is -0.474 e. The molecule has 0 aliphatic carbocycles. The fourth-order valence-corrected chi connectivity index (χ4v) is 1.57. The molecule has 0 bridgehead atoms. The molecule has 2 rings (SSSR count). The van der Waals surface area contributed by atoms with Crippen molar-refractivity contribution in [2.45, 2.75) is 6.92 Å². The van der Waals surface area contributed by atoms with Crippen LogP contribution in [0.1, 0.15) is 16.3 Å². The molecule has 2 heterocycles. The lowest BCUT2D eigenvalue weighted by molar-refractivity contribution is 0.0749. The van der Waals surface area contributed by atoms with Gasteiger partial charge in [0, 0.05) is 0 Å². The molecule has 0 aromatic carbocycles. The summed E-state index contributed by atoms with van der Waals surface area (Å²) in [5.41, 5.74) is 0.382. The maximum Gasteiger partial charge on any atom is 0.290 e. The van der Waals surface area contributed by atoms with Gasteiger partial charge in [0.15, 0.2) is 5.69 Å². The number of hydrogen-bond acceptors (Lipinski definition) is 4. The lowest BCUT2D eigenvalue weighted by Gasteiger charge is -2.12. The second kappa shape index (κ2) is 3.22. The Kier molecular flexibility index (Phi) is 2.17. The molecule has 0 radical (unpaired) electrons. The number of amides is 1. The standard InChI is InChI=1S/C7H11N4O2P/c1-4-9-6-5(11(4)14)7(12)10(8)2-3-13-6/h2-3,8,14H2,1H3. The Morgan fingerprint density at radius 2 is 2.36 bits per heavy atom. The normalized spacial score (nSPS) is 16.2. The maximum atomic E-state index is 11.7. The van der Waals surface area contributed by atoms with Gasteiger partial charge in [-0.15, -0.1) is 0 Å². The van der Waals surface area contributed by atoms with Crippen molar-refractivity contribution in [1.82, 2.24) is 14.3 Å². The van der Waals surface area contributed by atoms with Crippen LogP contribution in [0.2, 0.25) is 0 Å². The zero-order valence-electron chi connectivity index (χ0n) is 7.73. The number of imidazole rings is 1. The van der Waals surface area contributed by atoms with Crippen molar-refractivity contribution in [2.75, 3.05) is 13.2 Å². The number of fused-ring (bicyclic) bond motifs is 1. The van der Waals surface area contributed by atoms with Gasteiger partial charge in [-0.2, -0.15) is 4.98 Å². The van der Waals surface area contributed by atoms with E-state index in [0.29, 0.717) is 30.5 Å². The minimum absolute atomic E-state index is 0.270. The summed E-state index contributed by atoms with van der Waals surface area (Å²) < 4.78 is 6.90. The fourth-order valence-electron chi connectivity index (χ4n) is 1.29. The number of hydrogen-bond donors (Lipinski definition) is 1. The van der Waals surface area contributed by atoms with Gasteiger partial charge >= 0.3 is 0 Å². The maximum absolute atomic E-state index is 11.7. The van der Waals surface area contributed by atoms with Gasteiger partial charge in [-0.25, -0.2) is 5.84 Å². The summed E-state index contributed by atoms with van der Waals surface area (Å²) in [7, 11) is 2.41. The van der Waals surface area contributed by atoms with E-state index in [4.69, 9.17) is 10.6 Å². The fraction of sp³-hybridized carbons (Fsp3) is 0.429. The van der Waals surface area contributed by atoms with E-state index in [1.807, 2.05) is 0 Å². The Labute approximate surface area is 83.3 Å². The van der Waals surface area contributed by atoms with Gasteiger partial charge in [0.2, 0.25) is 5.88 Å². The first kappa shape index (κ1) is 9.43. The number of aryl methyl sites for hydroxylation is 1. The van der Waals surface area contributed by atoms with Crippen molar-refractivity contribution in [3.05, 3.63) is 11.5 Å². The molecular formula is C7H11N4O2P. The summed E-state index contributed by atoms with van der Waals surface area (Å²) in [6.45, 7) is 2.54. The molecule has 0 spiro atoms. The van der Waals surface area contributed by atoms with Crippen molar-refractivity contribution in [1.29, 1.82) is 0 Å². The van der Waals surface area contributed by atoms with Crippen molar-refractivity contribution in [3.63, 3.8) is 0 Å². The Morgan fingerprint density at radius 3 is 3.07 bits per heavy atom. The van der Waals surface area contributed by atoms with Crippen molar-refractivity contribution in [2.24, 2.45) is 5.84 Å². The lowest BCUT2D eigenvalue weighted by Crippen LogP contribution is -2.39.